The van der Waals surface area contributed by atoms with Crippen molar-refractivity contribution in [3.63, 3.8) is 0 Å². The molecular weight excluding hydrogens is 320 g/mol. The van der Waals surface area contributed by atoms with Gasteiger partial charge in [-0.25, -0.2) is 0 Å². The third-order valence-electron chi connectivity index (χ3n) is 5.81. The molecule has 0 bridgehead atoms. The first kappa shape index (κ1) is 18.2. The van der Waals surface area contributed by atoms with Crippen molar-refractivity contribution in [2.45, 2.75) is 43.6 Å². The Morgan fingerprint density at radius 2 is 1.88 bits per heavy atom. The highest BCUT2D eigenvalue weighted by Gasteiger charge is 2.46. The van der Waals surface area contributed by atoms with Crippen LogP contribution in [-0.2, 0) is 10.2 Å². The fourth-order valence-corrected chi connectivity index (χ4v) is 4.17. The molecule has 3 rings (SSSR count). The zero-order valence-corrected chi connectivity index (χ0v) is 15.9. The molecular formula is C20H31ClN2O. The lowest BCUT2D eigenvalue weighted by atomic mass is 9.93. The summed E-state index contributed by atoms with van der Waals surface area (Å²) in [6.07, 6.45) is 6.32. The van der Waals surface area contributed by atoms with Gasteiger partial charge in [0.2, 0.25) is 0 Å². The SMILES string of the molecule is COCCCN(CC1(c2ccc(Cl)cc2)CC1)C1CCN(C)CC1. The van der Waals surface area contributed by atoms with Crippen LogP contribution in [-0.4, -0.2) is 62.8 Å². The first-order chi connectivity index (χ1) is 11.6. The molecule has 1 heterocycles. The molecule has 0 aromatic heterocycles. The summed E-state index contributed by atoms with van der Waals surface area (Å²) in [5.74, 6) is 0. The van der Waals surface area contributed by atoms with Crippen molar-refractivity contribution in [1.29, 1.82) is 0 Å². The van der Waals surface area contributed by atoms with Gasteiger partial charge in [0.25, 0.3) is 0 Å². The minimum Gasteiger partial charge on any atom is -0.385 e. The fraction of sp³-hybridized carbons (Fsp3) is 0.700. The van der Waals surface area contributed by atoms with Crippen molar-refractivity contribution in [1.82, 2.24) is 9.80 Å². The molecule has 24 heavy (non-hydrogen) atoms. The zero-order valence-electron chi connectivity index (χ0n) is 15.1. The topological polar surface area (TPSA) is 15.7 Å². The predicted molar refractivity (Wildman–Crippen MR) is 101 cm³/mol. The van der Waals surface area contributed by atoms with E-state index in [2.05, 4.69) is 29.0 Å². The average Bonchev–Trinajstić information content (AvgIpc) is 3.36. The van der Waals surface area contributed by atoms with E-state index in [-0.39, 0.29) is 0 Å². The Labute approximate surface area is 151 Å². The molecule has 3 nitrogen and oxygen atoms in total. The van der Waals surface area contributed by atoms with E-state index in [1.54, 1.807) is 7.11 Å². The van der Waals surface area contributed by atoms with E-state index >= 15 is 0 Å². The van der Waals surface area contributed by atoms with Crippen LogP contribution in [0.5, 0.6) is 0 Å². The van der Waals surface area contributed by atoms with Gasteiger partial charge in [-0.2, -0.15) is 0 Å². The number of benzene rings is 1. The average molecular weight is 351 g/mol. The number of methoxy groups -OCH3 is 1. The van der Waals surface area contributed by atoms with Crippen LogP contribution in [0.3, 0.4) is 0 Å². The van der Waals surface area contributed by atoms with E-state index in [0.717, 1.165) is 30.6 Å². The first-order valence-corrected chi connectivity index (χ1v) is 9.68. The van der Waals surface area contributed by atoms with Crippen LogP contribution in [0.1, 0.15) is 37.7 Å². The second-order valence-corrected chi connectivity index (χ2v) is 8.07. The molecule has 2 aliphatic rings. The monoisotopic (exact) mass is 350 g/mol. The van der Waals surface area contributed by atoms with Gasteiger partial charge < -0.3 is 9.64 Å². The Hall–Kier alpha value is -0.610. The van der Waals surface area contributed by atoms with Crippen molar-refractivity contribution in [3.8, 4) is 0 Å². The van der Waals surface area contributed by atoms with E-state index in [4.69, 9.17) is 16.3 Å². The van der Waals surface area contributed by atoms with Gasteiger partial charge in [-0.1, -0.05) is 23.7 Å². The molecule has 1 aliphatic carbocycles. The van der Waals surface area contributed by atoms with Crippen LogP contribution >= 0.6 is 11.6 Å². The molecule has 1 saturated carbocycles. The summed E-state index contributed by atoms with van der Waals surface area (Å²) in [4.78, 5) is 5.21. The molecule has 1 saturated heterocycles. The number of hydrogen-bond donors (Lipinski definition) is 0. The van der Waals surface area contributed by atoms with Crippen molar-refractivity contribution in [2.24, 2.45) is 0 Å². The summed E-state index contributed by atoms with van der Waals surface area (Å²) in [5, 5.41) is 0.835. The Balaban J connectivity index is 1.67. The second-order valence-electron chi connectivity index (χ2n) is 7.64. The minimum atomic E-state index is 0.362. The number of ether oxygens (including phenoxy) is 1. The van der Waals surface area contributed by atoms with Gasteiger partial charge >= 0.3 is 0 Å². The highest BCUT2D eigenvalue weighted by Crippen LogP contribution is 2.49. The predicted octanol–water partition coefficient (Wildman–Crippen LogP) is 3.80. The maximum atomic E-state index is 6.08. The normalized spacial score (nSPS) is 21.3. The smallest absolute Gasteiger partial charge is 0.0474 e. The molecule has 1 aromatic carbocycles. The number of hydrogen-bond acceptors (Lipinski definition) is 3. The van der Waals surface area contributed by atoms with Crippen LogP contribution in [0.4, 0.5) is 0 Å². The summed E-state index contributed by atoms with van der Waals surface area (Å²) >= 11 is 6.08. The van der Waals surface area contributed by atoms with Crippen molar-refractivity contribution >= 4 is 11.6 Å². The molecule has 0 radical (unpaired) electrons. The Kier molecular flexibility index (Phi) is 6.20. The summed E-state index contributed by atoms with van der Waals surface area (Å²) in [7, 11) is 4.04. The van der Waals surface area contributed by atoms with Crippen LogP contribution in [0.25, 0.3) is 0 Å². The molecule has 134 valence electrons. The molecule has 0 atom stereocenters. The van der Waals surface area contributed by atoms with Crippen LogP contribution in [0.2, 0.25) is 5.02 Å². The molecule has 0 unspecified atom stereocenters. The van der Waals surface area contributed by atoms with Gasteiger partial charge in [-0.15, -0.1) is 0 Å². The van der Waals surface area contributed by atoms with E-state index in [1.165, 1.54) is 50.9 Å². The van der Waals surface area contributed by atoms with Gasteiger partial charge in [0, 0.05) is 43.3 Å². The highest BCUT2D eigenvalue weighted by molar-refractivity contribution is 6.30. The Morgan fingerprint density at radius 1 is 1.21 bits per heavy atom. The standard InChI is InChI=1S/C20H31ClN2O/c1-22-13-8-19(9-14-22)23(12-3-15-24-2)16-20(10-11-20)17-4-6-18(21)7-5-17/h4-7,19H,3,8-16H2,1-2H3. The van der Waals surface area contributed by atoms with E-state index in [0.29, 0.717) is 5.41 Å². The minimum absolute atomic E-state index is 0.362. The van der Waals surface area contributed by atoms with E-state index in [9.17, 15) is 0 Å². The number of piperidine rings is 1. The van der Waals surface area contributed by atoms with Gasteiger partial charge in [0.15, 0.2) is 0 Å². The van der Waals surface area contributed by atoms with Gasteiger partial charge in [-0.05, 0) is 69.9 Å². The van der Waals surface area contributed by atoms with Crippen LogP contribution in [0, 0.1) is 0 Å². The quantitative estimate of drug-likeness (QED) is 0.663. The maximum Gasteiger partial charge on any atom is 0.0474 e. The van der Waals surface area contributed by atoms with Crippen molar-refractivity contribution in [2.75, 3.05) is 46.9 Å². The van der Waals surface area contributed by atoms with Crippen LogP contribution in [0.15, 0.2) is 24.3 Å². The molecule has 0 spiro atoms. The first-order valence-electron chi connectivity index (χ1n) is 9.30. The number of rotatable bonds is 8. The Morgan fingerprint density at radius 3 is 2.46 bits per heavy atom. The van der Waals surface area contributed by atoms with Crippen LogP contribution < -0.4 is 0 Å². The van der Waals surface area contributed by atoms with Crippen molar-refractivity contribution in [3.05, 3.63) is 34.9 Å². The zero-order chi connectivity index (χ0) is 17.0. The van der Waals surface area contributed by atoms with E-state index < -0.39 is 0 Å². The van der Waals surface area contributed by atoms with Gasteiger partial charge in [-0.3, -0.25) is 4.90 Å². The van der Waals surface area contributed by atoms with Crippen molar-refractivity contribution < 1.29 is 4.74 Å². The Bertz CT molecular complexity index is 507. The summed E-state index contributed by atoms with van der Waals surface area (Å²) in [5.41, 5.74) is 1.83. The highest BCUT2D eigenvalue weighted by atomic mass is 35.5. The number of halogens is 1. The molecule has 4 heteroatoms. The largest absolute Gasteiger partial charge is 0.385 e. The van der Waals surface area contributed by atoms with Gasteiger partial charge in [0.1, 0.15) is 0 Å². The molecule has 0 N–H and O–H groups in total. The second kappa shape index (κ2) is 8.18. The summed E-state index contributed by atoms with van der Waals surface area (Å²) in [6.45, 7) is 5.64. The molecule has 2 fully saturated rings. The maximum absolute atomic E-state index is 6.08. The number of likely N-dealkylation sites (tertiary alicyclic amines) is 1. The third kappa shape index (κ3) is 4.51. The lowest BCUT2D eigenvalue weighted by Gasteiger charge is -2.39. The lowest BCUT2D eigenvalue weighted by Crippen LogP contribution is -2.47. The summed E-state index contributed by atoms with van der Waals surface area (Å²) in [6, 6.07) is 9.28. The van der Waals surface area contributed by atoms with Gasteiger partial charge in [0.05, 0.1) is 0 Å². The molecule has 1 aromatic rings. The molecule has 1 aliphatic heterocycles. The molecule has 0 amide bonds. The third-order valence-corrected chi connectivity index (χ3v) is 6.07. The fourth-order valence-electron chi connectivity index (χ4n) is 4.04. The summed E-state index contributed by atoms with van der Waals surface area (Å²) < 4.78 is 5.29. The lowest BCUT2D eigenvalue weighted by molar-refractivity contribution is 0.0974. The number of nitrogens with zero attached hydrogens (tertiary/aromatic N) is 2. The van der Waals surface area contributed by atoms with E-state index in [1.807, 2.05) is 12.1 Å².